The summed E-state index contributed by atoms with van der Waals surface area (Å²) in [6.45, 7) is 1.39. The number of nitro benzene ring substituents is 1. The number of quaternary nitrogens is 1. The van der Waals surface area contributed by atoms with Crippen LogP contribution in [0.3, 0.4) is 0 Å². The number of piperidine rings is 1. The molecular formula is C17H23ClN3O3+. The van der Waals surface area contributed by atoms with Crippen LogP contribution in [0.2, 0.25) is 5.02 Å². The van der Waals surface area contributed by atoms with Gasteiger partial charge in [-0.2, -0.15) is 0 Å². The Hall–Kier alpha value is -1.66. The van der Waals surface area contributed by atoms with Crippen molar-refractivity contribution in [1.82, 2.24) is 0 Å². The van der Waals surface area contributed by atoms with Crippen LogP contribution in [-0.4, -0.2) is 30.0 Å². The van der Waals surface area contributed by atoms with Gasteiger partial charge in [0.05, 0.1) is 17.5 Å². The molecule has 1 unspecified atom stereocenters. The van der Waals surface area contributed by atoms with Gasteiger partial charge in [-0.15, -0.1) is 0 Å². The van der Waals surface area contributed by atoms with E-state index in [9.17, 15) is 14.9 Å². The van der Waals surface area contributed by atoms with E-state index < -0.39 is 4.92 Å². The van der Waals surface area contributed by atoms with Crippen LogP contribution >= 0.6 is 11.6 Å². The van der Waals surface area contributed by atoms with Crippen LogP contribution in [0, 0.1) is 16.0 Å². The number of hydrogen-bond donors (Lipinski definition) is 2. The second-order valence-corrected chi connectivity index (χ2v) is 7.28. The Kier molecular flexibility index (Phi) is 5.36. The zero-order valence-electron chi connectivity index (χ0n) is 13.6. The number of nitrogens with one attached hydrogen (secondary N) is 2. The topological polar surface area (TPSA) is 76.7 Å². The predicted molar refractivity (Wildman–Crippen MR) is 92.4 cm³/mol. The molecule has 2 aliphatic rings. The van der Waals surface area contributed by atoms with Gasteiger partial charge in [0.2, 0.25) is 0 Å². The molecule has 1 aromatic carbocycles. The lowest BCUT2D eigenvalue weighted by atomic mass is 9.78. The number of nitro groups is 1. The van der Waals surface area contributed by atoms with Gasteiger partial charge in [0, 0.05) is 17.0 Å². The number of nitrogens with zero attached hydrogens (tertiary/aromatic N) is 1. The maximum Gasteiger partial charge on any atom is 0.294 e. The van der Waals surface area contributed by atoms with E-state index in [2.05, 4.69) is 5.32 Å². The quantitative estimate of drug-likeness (QED) is 0.645. The molecule has 1 saturated heterocycles. The Morgan fingerprint density at radius 2 is 2.04 bits per heavy atom. The Balaban J connectivity index is 1.66. The van der Waals surface area contributed by atoms with Gasteiger partial charge < -0.3 is 10.2 Å². The number of fused-ring (bicyclic) bond motifs is 1. The summed E-state index contributed by atoms with van der Waals surface area (Å²) in [7, 11) is 0. The second-order valence-electron chi connectivity index (χ2n) is 6.85. The maximum atomic E-state index is 12.4. The van der Waals surface area contributed by atoms with Crippen LogP contribution in [-0.2, 0) is 4.79 Å². The smallest absolute Gasteiger partial charge is 0.294 e. The highest BCUT2D eigenvalue weighted by atomic mass is 35.5. The van der Waals surface area contributed by atoms with E-state index in [-0.39, 0.29) is 22.3 Å². The summed E-state index contributed by atoms with van der Waals surface area (Å²) in [6, 6.07) is 4.88. The minimum Gasteiger partial charge on any atom is -0.324 e. The molecule has 3 rings (SSSR count). The molecule has 6 nitrogen and oxygen atoms in total. The van der Waals surface area contributed by atoms with Gasteiger partial charge in [0.1, 0.15) is 5.69 Å². The molecule has 0 radical (unpaired) electrons. The van der Waals surface area contributed by atoms with Crippen molar-refractivity contribution in [3.8, 4) is 0 Å². The van der Waals surface area contributed by atoms with Crippen molar-refractivity contribution < 1.29 is 14.6 Å². The number of hydrogen-bond acceptors (Lipinski definition) is 3. The molecule has 2 fully saturated rings. The van der Waals surface area contributed by atoms with Crippen molar-refractivity contribution in [1.29, 1.82) is 0 Å². The molecule has 1 amide bonds. The van der Waals surface area contributed by atoms with Crippen molar-refractivity contribution in [2.24, 2.45) is 5.92 Å². The van der Waals surface area contributed by atoms with Crippen molar-refractivity contribution in [2.75, 3.05) is 18.4 Å². The standard InChI is InChI=1S/C17H22ClN3O3/c18-13-7-8-14(16(10-13)21(23)24)19-17(22)11-20-9-3-5-12-4-1-2-6-15(12)20/h7-8,10,12,15H,1-6,9,11H2,(H,19,22)/p+1/t12-,15+/m1/s1. The molecule has 1 heterocycles. The van der Waals surface area contributed by atoms with Gasteiger partial charge in [-0.25, -0.2) is 0 Å². The monoisotopic (exact) mass is 352 g/mol. The summed E-state index contributed by atoms with van der Waals surface area (Å²) in [5.74, 6) is 0.571. The number of amides is 1. The largest absolute Gasteiger partial charge is 0.324 e. The van der Waals surface area contributed by atoms with E-state index in [4.69, 9.17) is 11.6 Å². The van der Waals surface area contributed by atoms with Crippen molar-refractivity contribution >= 4 is 28.9 Å². The molecule has 130 valence electrons. The molecule has 7 heteroatoms. The lowest BCUT2D eigenvalue weighted by molar-refractivity contribution is -0.928. The van der Waals surface area contributed by atoms with Gasteiger partial charge in [0.25, 0.3) is 11.6 Å². The fourth-order valence-corrected chi connectivity index (χ4v) is 4.42. The van der Waals surface area contributed by atoms with Crippen LogP contribution in [0.1, 0.15) is 38.5 Å². The zero-order valence-corrected chi connectivity index (χ0v) is 14.3. The minimum atomic E-state index is -0.521. The van der Waals surface area contributed by atoms with Crippen LogP contribution in [0.25, 0.3) is 0 Å². The number of carbonyl (C=O) groups excluding carboxylic acids is 1. The fraction of sp³-hybridized carbons (Fsp3) is 0.588. The highest BCUT2D eigenvalue weighted by molar-refractivity contribution is 6.31. The van der Waals surface area contributed by atoms with Crippen LogP contribution in [0.15, 0.2) is 18.2 Å². The summed E-state index contributed by atoms with van der Waals surface area (Å²) < 4.78 is 0. The molecular weight excluding hydrogens is 330 g/mol. The first-order valence-electron chi connectivity index (χ1n) is 8.63. The summed E-state index contributed by atoms with van der Waals surface area (Å²) in [5.41, 5.74) is 0.0473. The third-order valence-electron chi connectivity index (χ3n) is 5.32. The van der Waals surface area contributed by atoms with Crippen molar-refractivity contribution in [3.63, 3.8) is 0 Å². The third kappa shape index (κ3) is 3.87. The van der Waals surface area contributed by atoms with Gasteiger partial charge in [-0.1, -0.05) is 18.0 Å². The first-order valence-corrected chi connectivity index (χ1v) is 9.01. The van der Waals surface area contributed by atoms with Gasteiger partial charge in [-0.3, -0.25) is 14.9 Å². The number of carbonyl (C=O) groups is 1. The molecule has 1 saturated carbocycles. The Morgan fingerprint density at radius 3 is 2.83 bits per heavy atom. The van der Waals surface area contributed by atoms with Crippen LogP contribution in [0.4, 0.5) is 11.4 Å². The average molecular weight is 353 g/mol. The number of likely N-dealkylation sites (tertiary alicyclic amines) is 1. The Bertz CT molecular complexity index is 636. The molecule has 0 aromatic heterocycles. The van der Waals surface area contributed by atoms with Crippen molar-refractivity contribution in [2.45, 2.75) is 44.6 Å². The van der Waals surface area contributed by atoms with E-state index in [1.165, 1.54) is 49.1 Å². The second kappa shape index (κ2) is 7.49. The number of benzene rings is 1. The fourth-order valence-electron chi connectivity index (χ4n) is 4.25. The first kappa shape index (κ1) is 17.2. The van der Waals surface area contributed by atoms with Gasteiger partial charge in [0.15, 0.2) is 6.54 Å². The summed E-state index contributed by atoms with van der Waals surface area (Å²) in [6.07, 6.45) is 7.45. The molecule has 0 bridgehead atoms. The molecule has 0 spiro atoms. The molecule has 1 aliphatic carbocycles. The summed E-state index contributed by atoms with van der Waals surface area (Å²) in [4.78, 5) is 24.4. The van der Waals surface area contributed by atoms with Crippen molar-refractivity contribution in [3.05, 3.63) is 33.3 Å². The molecule has 1 aliphatic heterocycles. The SMILES string of the molecule is O=C(C[NH+]1CCC[C@H]2CCCC[C@@H]21)Nc1ccc(Cl)cc1[N+](=O)[O-]. The van der Waals surface area contributed by atoms with E-state index in [1.807, 2.05) is 0 Å². The Labute approximate surface area is 146 Å². The number of rotatable bonds is 4. The molecule has 2 N–H and O–H groups in total. The van der Waals surface area contributed by atoms with E-state index in [1.54, 1.807) is 6.07 Å². The molecule has 1 aromatic rings. The highest BCUT2D eigenvalue weighted by Crippen LogP contribution is 2.29. The Morgan fingerprint density at radius 1 is 1.29 bits per heavy atom. The van der Waals surface area contributed by atoms with Crippen LogP contribution in [0.5, 0.6) is 0 Å². The summed E-state index contributed by atoms with van der Waals surface area (Å²) >= 11 is 5.81. The normalized spacial score (nSPS) is 26.5. The van der Waals surface area contributed by atoms with Gasteiger partial charge >= 0.3 is 0 Å². The maximum absolute atomic E-state index is 12.4. The van der Waals surface area contributed by atoms with E-state index in [0.29, 0.717) is 12.6 Å². The summed E-state index contributed by atoms with van der Waals surface area (Å²) in [5, 5.41) is 14.1. The molecule has 3 atom stereocenters. The zero-order chi connectivity index (χ0) is 17.1. The lowest BCUT2D eigenvalue weighted by Gasteiger charge is -2.40. The first-order chi connectivity index (χ1) is 11.5. The molecule has 24 heavy (non-hydrogen) atoms. The third-order valence-corrected chi connectivity index (χ3v) is 5.56. The average Bonchev–Trinajstić information content (AvgIpc) is 2.56. The van der Waals surface area contributed by atoms with E-state index >= 15 is 0 Å². The van der Waals surface area contributed by atoms with Gasteiger partial charge in [-0.05, 0) is 44.2 Å². The number of halogens is 1. The number of anilines is 1. The van der Waals surface area contributed by atoms with E-state index in [0.717, 1.165) is 18.9 Å². The highest BCUT2D eigenvalue weighted by Gasteiger charge is 2.37. The van der Waals surface area contributed by atoms with Crippen LogP contribution < -0.4 is 10.2 Å². The lowest BCUT2D eigenvalue weighted by Crippen LogP contribution is -3.18. The predicted octanol–water partition coefficient (Wildman–Crippen LogP) is 2.42. The minimum absolute atomic E-state index is 0.165.